The molecule has 0 amide bonds. The highest BCUT2D eigenvalue weighted by Crippen LogP contribution is 2.45. The van der Waals surface area contributed by atoms with Gasteiger partial charge < -0.3 is 0 Å². The third kappa shape index (κ3) is 5.33. The minimum absolute atomic E-state index is 0.325. The molecule has 0 spiro atoms. The summed E-state index contributed by atoms with van der Waals surface area (Å²) in [5.41, 5.74) is 2.41. The summed E-state index contributed by atoms with van der Waals surface area (Å²) in [6, 6.07) is 2.43. The number of rotatable bonds is 3. The van der Waals surface area contributed by atoms with Gasteiger partial charge in [0.05, 0.1) is 5.16 Å². The summed E-state index contributed by atoms with van der Waals surface area (Å²) >= 11 is 4.44. The molecule has 3 aliphatic rings. The second-order valence-corrected chi connectivity index (χ2v) is 9.91. The van der Waals surface area contributed by atoms with Crippen molar-refractivity contribution in [3.8, 4) is 11.8 Å². The van der Waals surface area contributed by atoms with Gasteiger partial charge in [-0.25, -0.2) is 8.78 Å². The van der Waals surface area contributed by atoms with Crippen LogP contribution >= 0.6 is 12.2 Å². The van der Waals surface area contributed by atoms with Crippen molar-refractivity contribution in [2.75, 3.05) is 0 Å². The molecule has 1 nitrogen and oxygen atoms in total. The number of thiocarbonyl (C=S) groups is 1. The number of isothiocyanates is 1. The fraction of sp³-hybridized carbons (Fsp3) is 0.593. The molecule has 0 radical (unpaired) electrons. The molecule has 1 aromatic rings. The van der Waals surface area contributed by atoms with E-state index >= 15 is 0 Å². The van der Waals surface area contributed by atoms with Gasteiger partial charge in [0.2, 0.25) is 0 Å². The van der Waals surface area contributed by atoms with Gasteiger partial charge in [0.25, 0.3) is 0 Å². The Bertz CT molecular complexity index is 926. The van der Waals surface area contributed by atoms with E-state index in [-0.39, 0.29) is 0 Å². The number of hydrogen-bond donors (Lipinski definition) is 0. The molecule has 1 unspecified atom stereocenters. The highest BCUT2D eigenvalue weighted by Gasteiger charge is 2.33. The second-order valence-electron chi connectivity index (χ2n) is 9.72. The molecule has 4 rings (SSSR count). The van der Waals surface area contributed by atoms with E-state index < -0.39 is 17.3 Å². The molecule has 3 aliphatic carbocycles. The third-order valence-corrected chi connectivity index (χ3v) is 8.02. The Morgan fingerprint density at radius 3 is 2.00 bits per heavy atom. The number of aliphatic imine (C=N–C) groups is 1. The lowest BCUT2D eigenvalue weighted by molar-refractivity contribution is 0.155. The Morgan fingerprint density at radius 2 is 1.42 bits per heavy atom. The Morgan fingerprint density at radius 1 is 0.839 bits per heavy atom. The number of hydrogen-bond acceptors (Lipinski definition) is 2. The molecule has 31 heavy (non-hydrogen) atoms. The van der Waals surface area contributed by atoms with Crippen molar-refractivity contribution < 1.29 is 8.78 Å². The summed E-state index contributed by atoms with van der Waals surface area (Å²) in [4.78, 5) is 3.45. The number of allylic oxidation sites excluding steroid dienone is 2. The first kappa shape index (κ1) is 22.4. The maximum Gasteiger partial charge on any atom is 0.153 e. The Balaban J connectivity index is 1.37. The Labute approximate surface area is 190 Å². The van der Waals surface area contributed by atoms with Crippen molar-refractivity contribution in [1.29, 1.82) is 0 Å². The number of halogens is 2. The van der Waals surface area contributed by atoms with Crippen LogP contribution in [0.15, 0.2) is 28.3 Å². The molecule has 164 valence electrons. The van der Waals surface area contributed by atoms with Gasteiger partial charge >= 0.3 is 0 Å². The van der Waals surface area contributed by atoms with Crippen LogP contribution in [0.3, 0.4) is 0 Å². The molecule has 0 bridgehead atoms. The standard InChI is InChI=1S/C27H31F2NS/c1-18-14-24(23-11-9-22(10-12-23)21-4-2-3-5-21)13-8-20(18)7-6-19-15-25(28)27(30-17-31)26(29)16-19/h15-16,21-24H,2-5,8-14H2,1H3. The SMILES string of the molecule is CC1=C(C#Cc2cc(F)c(N=C=S)c(F)c2)CCC(C2CCC(C3CCCC3)CC2)C1. The van der Waals surface area contributed by atoms with E-state index in [1.165, 1.54) is 75.5 Å². The Kier molecular flexibility index (Phi) is 7.36. The van der Waals surface area contributed by atoms with Crippen LogP contribution in [0, 0.1) is 47.1 Å². The summed E-state index contributed by atoms with van der Waals surface area (Å²) in [6.45, 7) is 2.18. The van der Waals surface area contributed by atoms with E-state index in [1.807, 2.05) is 5.16 Å². The predicted octanol–water partition coefficient (Wildman–Crippen LogP) is 8.16. The van der Waals surface area contributed by atoms with Gasteiger partial charge in [0.1, 0.15) is 5.69 Å². The van der Waals surface area contributed by atoms with Crippen LogP contribution in [0.4, 0.5) is 14.5 Å². The van der Waals surface area contributed by atoms with Crippen LogP contribution in [0.2, 0.25) is 0 Å². The van der Waals surface area contributed by atoms with E-state index in [1.54, 1.807) is 0 Å². The van der Waals surface area contributed by atoms with Gasteiger partial charge in [-0.3, -0.25) is 0 Å². The van der Waals surface area contributed by atoms with Gasteiger partial charge in [-0.1, -0.05) is 43.1 Å². The average molecular weight is 440 g/mol. The van der Waals surface area contributed by atoms with Crippen LogP contribution in [-0.2, 0) is 0 Å². The minimum Gasteiger partial charge on any atom is -0.204 e. The molecule has 0 saturated heterocycles. The summed E-state index contributed by atoms with van der Waals surface area (Å²) in [6.07, 6.45) is 14.8. The van der Waals surface area contributed by atoms with E-state index in [0.717, 1.165) is 42.1 Å². The lowest BCUT2D eigenvalue weighted by atomic mass is 9.68. The number of benzene rings is 1. The number of nitrogens with zero attached hydrogens (tertiary/aromatic N) is 1. The highest BCUT2D eigenvalue weighted by atomic mass is 32.1. The topological polar surface area (TPSA) is 12.4 Å². The zero-order chi connectivity index (χ0) is 21.8. The molecule has 4 heteroatoms. The largest absolute Gasteiger partial charge is 0.204 e. The van der Waals surface area contributed by atoms with Crippen LogP contribution in [-0.4, -0.2) is 5.16 Å². The first-order valence-corrected chi connectivity index (χ1v) is 12.2. The van der Waals surface area contributed by atoms with Crippen molar-refractivity contribution in [3.05, 3.63) is 40.5 Å². The molecule has 0 aliphatic heterocycles. The molecule has 1 aromatic carbocycles. The van der Waals surface area contributed by atoms with Crippen molar-refractivity contribution in [3.63, 3.8) is 0 Å². The van der Waals surface area contributed by atoms with Gasteiger partial charge in [-0.15, -0.1) is 0 Å². The van der Waals surface area contributed by atoms with Gasteiger partial charge in [0, 0.05) is 11.1 Å². The summed E-state index contributed by atoms with van der Waals surface area (Å²) in [5.74, 6) is 8.26. The molecule has 0 heterocycles. The maximum atomic E-state index is 14.0. The molecule has 1 atom stereocenters. The van der Waals surface area contributed by atoms with E-state index in [0.29, 0.717) is 5.56 Å². The molecule has 0 N–H and O–H groups in total. The van der Waals surface area contributed by atoms with Crippen LogP contribution in [0.1, 0.15) is 83.1 Å². The smallest absolute Gasteiger partial charge is 0.153 e. The molecular formula is C27H31F2NS. The van der Waals surface area contributed by atoms with Crippen molar-refractivity contribution in [2.45, 2.75) is 77.6 Å². The van der Waals surface area contributed by atoms with Gasteiger partial charge in [-0.2, -0.15) is 4.99 Å². The van der Waals surface area contributed by atoms with Crippen LogP contribution < -0.4 is 0 Å². The molecule has 2 saturated carbocycles. The fourth-order valence-corrected chi connectivity index (χ4v) is 6.28. The summed E-state index contributed by atoms with van der Waals surface area (Å²) in [7, 11) is 0. The normalized spacial score (nSPS) is 26.9. The lowest BCUT2D eigenvalue weighted by Gasteiger charge is -2.38. The van der Waals surface area contributed by atoms with Gasteiger partial charge in [0.15, 0.2) is 11.6 Å². The Hall–Kier alpha value is -1.82. The zero-order valence-corrected chi connectivity index (χ0v) is 19.2. The van der Waals surface area contributed by atoms with Crippen molar-refractivity contribution in [2.24, 2.45) is 28.7 Å². The summed E-state index contributed by atoms with van der Waals surface area (Å²) in [5, 5.41) is 2.01. The van der Waals surface area contributed by atoms with Crippen molar-refractivity contribution >= 4 is 23.1 Å². The van der Waals surface area contributed by atoms with Crippen LogP contribution in [0.25, 0.3) is 0 Å². The fourth-order valence-electron chi connectivity index (χ4n) is 6.19. The summed E-state index contributed by atoms with van der Waals surface area (Å²) < 4.78 is 28.0. The van der Waals surface area contributed by atoms with Crippen molar-refractivity contribution in [1.82, 2.24) is 0 Å². The second kappa shape index (κ2) is 10.2. The predicted molar refractivity (Wildman–Crippen MR) is 125 cm³/mol. The van der Waals surface area contributed by atoms with E-state index in [4.69, 9.17) is 0 Å². The van der Waals surface area contributed by atoms with Gasteiger partial charge in [-0.05, 0) is 99.9 Å². The zero-order valence-electron chi connectivity index (χ0n) is 18.4. The van der Waals surface area contributed by atoms with Crippen LogP contribution in [0.5, 0.6) is 0 Å². The first-order valence-electron chi connectivity index (χ1n) is 11.8. The maximum absolute atomic E-state index is 14.0. The molecule has 0 aromatic heterocycles. The monoisotopic (exact) mass is 439 g/mol. The average Bonchev–Trinajstić information content (AvgIpc) is 3.30. The quantitative estimate of drug-likeness (QED) is 0.263. The lowest BCUT2D eigenvalue weighted by Crippen LogP contribution is -2.26. The highest BCUT2D eigenvalue weighted by molar-refractivity contribution is 7.78. The molecular weight excluding hydrogens is 408 g/mol. The third-order valence-electron chi connectivity index (χ3n) is 7.93. The molecule has 2 fully saturated rings. The van der Waals surface area contributed by atoms with E-state index in [9.17, 15) is 8.78 Å². The first-order chi connectivity index (χ1) is 15.0. The van der Waals surface area contributed by atoms with E-state index in [2.05, 4.69) is 36.0 Å². The minimum atomic E-state index is -0.760.